The van der Waals surface area contributed by atoms with Crippen LogP contribution in [0.3, 0.4) is 0 Å². The lowest BCUT2D eigenvalue weighted by molar-refractivity contribution is -0.121. The van der Waals surface area contributed by atoms with Crippen molar-refractivity contribution < 1.29 is 4.79 Å². The van der Waals surface area contributed by atoms with Crippen molar-refractivity contribution in [2.75, 3.05) is 5.75 Å². The Kier molecular flexibility index (Phi) is 6.21. The van der Waals surface area contributed by atoms with E-state index in [1.165, 1.54) is 17.8 Å². The van der Waals surface area contributed by atoms with E-state index in [0.29, 0.717) is 23.8 Å². The van der Waals surface area contributed by atoms with Crippen LogP contribution in [0.5, 0.6) is 0 Å². The van der Waals surface area contributed by atoms with Crippen LogP contribution >= 0.6 is 11.8 Å². The maximum Gasteiger partial charge on any atom is 0.251 e. The molecule has 116 valence electrons. The predicted octanol–water partition coefficient (Wildman–Crippen LogP) is 2.27. The Bertz CT molecular complexity index is 671. The zero-order chi connectivity index (χ0) is 15.8. The number of aromatic amines is 1. The number of carbonyl (C=O) groups excluding carboxylic acids is 1. The van der Waals surface area contributed by atoms with Gasteiger partial charge in [0.2, 0.25) is 5.91 Å². The molecule has 0 spiro atoms. The number of H-pyrrole nitrogens is 1. The topological polar surface area (TPSA) is 74.8 Å². The van der Waals surface area contributed by atoms with Crippen LogP contribution in [0, 0.1) is 6.92 Å². The van der Waals surface area contributed by atoms with Crippen molar-refractivity contribution in [3.8, 4) is 0 Å². The lowest BCUT2D eigenvalue weighted by Gasteiger charge is -2.05. The average Bonchev–Trinajstić information content (AvgIpc) is 2.50. The molecule has 0 aliphatic heterocycles. The molecule has 22 heavy (non-hydrogen) atoms. The number of amides is 1. The van der Waals surface area contributed by atoms with E-state index in [1.807, 2.05) is 30.3 Å². The molecule has 1 aromatic carbocycles. The first kappa shape index (κ1) is 16.3. The first-order valence-corrected chi connectivity index (χ1v) is 8.13. The number of nitrogens with zero attached hydrogens (tertiary/aromatic N) is 1. The van der Waals surface area contributed by atoms with E-state index in [-0.39, 0.29) is 11.5 Å². The highest BCUT2D eigenvalue weighted by Crippen LogP contribution is 2.13. The van der Waals surface area contributed by atoms with Crippen LogP contribution in [0.2, 0.25) is 0 Å². The van der Waals surface area contributed by atoms with Crippen LogP contribution in [0.1, 0.15) is 24.1 Å². The summed E-state index contributed by atoms with van der Waals surface area (Å²) < 4.78 is 0. The number of aryl methyl sites for hydroxylation is 1. The van der Waals surface area contributed by atoms with E-state index in [4.69, 9.17) is 0 Å². The fourth-order valence-electron chi connectivity index (χ4n) is 1.91. The Morgan fingerprint density at radius 1 is 1.32 bits per heavy atom. The van der Waals surface area contributed by atoms with Gasteiger partial charge in [-0.05, 0) is 18.9 Å². The second-order valence-corrected chi connectivity index (χ2v) is 5.99. The smallest absolute Gasteiger partial charge is 0.251 e. The number of nitrogens with one attached hydrogen (secondary N) is 2. The quantitative estimate of drug-likeness (QED) is 0.467. The summed E-state index contributed by atoms with van der Waals surface area (Å²) in [4.78, 5) is 30.0. The van der Waals surface area contributed by atoms with Crippen molar-refractivity contribution in [3.63, 3.8) is 0 Å². The third-order valence-corrected chi connectivity index (χ3v) is 3.93. The molecule has 2 rings (SSSR count). The summed E-state index contributed by atoms with van der Waals surface area (Å²) in [5.41, 5.74) is 1.65. The number of rotatable bonds is 7. The Morgan fingerprint density at radius 2 is 2.09 bits per heavy atom. The van der Waals surface area contributed by atoms with E-state index in [9.17, 15) is 9.59 Å². The van der Waals surface area contributed by atoms with Gasteiger partial charge in [0.05, 0.1) is 0 Å². The molecule has 0 radical (unpaired) electrons. The molecule has 1 heterocycles. The van der Waals surface area contributed by atoms with Crippen molar-refractivity contribution in [1.29, 1.82) is 0 Å². The van der Waals surface area contributed by atoms with Crippen LogP contribution in [0.25, 0.3) is 0 Å². The number of hydrogen-bond acceptors (Lipinski definition) is 4. The molecule has 1 amide bonds. The molecule has 0 aliphatic rings. The number of hydrogen-bond donors (Lipinski definition) is 2. The van der Waals surface area contributed by atoms with Crippen molar-refractivity contribution in [1.82, 2.24) is 15.3 Å². The monoisotopic (exact) mass is 317 g/mol. The molecular formula is C16H19N3O2S. The zero-order valence-electron chi connectivity index (χ0n) is 12.5. The van der Waals surface area contributed by atoms with E-state index < -0.39 is 0 Å². The fraction of sp³-hybridized carbons (Fsp3) is 0.312. The zero-order valence-corrected chi connectivity index (χ0v) is 13.3. The fourth-order valence-corrected chi connectivity index (χ4v) is 2.77. The van der Waals surface area contributed by atoms with Gasteiger partial charge in [-0.3, -0.25) is 9.59 Å². The standard InChI is InChI=1S/C16H19N3O2S/c1-12-10-15(21)19-16(18-12)22-9-5-8-14(20)17-11-13-6-3-2-4-7-13/h2-4,6-7,10H,5,8-9,11H2,1H3,(H,17,20)(H,18,19,21). The number of carbonyl (C=O) groups is 1. The van der Waals surface area contributed by atoms with Gasteiger partial charge in [-0.15, -0.1) is 0 Å². The Labute approximate surface area is 133 Å². The van der Waals surface area contributed by atoms with E-state index in [2.05, 4.69) is 15.3 Å². The van der Waals surface area contributed by atoms with E-state index in [0.717, 1.165) is 17.7 Å². The minimum Gasteiger partial charge on any atom is -0.352 e. The van der Waals surface area contributed by atoms with Crippen molar-refractivity contribution in [3.05, 3.63) is 58.0 Å². The molecule has 0 saturated heterocycles. The van der Waals surface area contributed by atoms with Gasteiger partial charge in [-0.25, -0.2) is 4.98 Å². The molecule has 0 fully saturated rings. The SMILES string of the molecule is Cc1cc(=O)[nH]c(SCCCC(=O)NCc2ccccc2)n1. The highest BCUT2D eigenvalue weighted by atomic mass is 32.2. The summed E-state index contributed by atoms with van der Waals surface area (Å²) in [6, 6.07) is 11.3. The molecule has 1 aromatic heterocycles. The van der Waals surface area contributed by atoms with Crippen molar-refractivity contribution >= 4 is 17.7 Å². The molecule has 6 heteroatoms. The second kappa shape index (κ2) is 8.38. The molecule has 0 aliphatic carbocycles. The van der Waals surface area contributed by atoms with Crippen molar-refractivity contribution in [2.45, 2.75) is 31.5 Å². The minimum atomic E-state index is -0.143. The minimum absolute atomic E-state index is 0.0372. The van der Waals surface area contributed by atoms with Gasteiger partial charge in [0.1, 0.15) is 0 Å². The lowest BCUT2D eigenvalue weighted by atomic mass is 10.2. The number of aromatic nitrogens is 2. The summed E-state index contributed by atoms with van der Waals surface area (Å²) >= 11 is 1.46. The number of benzene rings is 1. The molecular weight excluding hydrogens is 298 g/mol. The third kappa shape index (κ3) is 5.73. The average molecular weight is 317 g/mol. The van der Waals surface area contributed by atoms with E-state index >= 15 is 0 Å². The van der Waals surface area contributed by atoms with Crippen LogP contribution in [-0.4, -0.2) is 21.6 Å². The lowest BCUT2D eigenvalue weighted by Crippen LogP contribution is -2.22. The highest BCUT2D eigenvalue weighted by Gasteiger charge is 2.03. The van der Waals surface area contributed by atoms with Crippen molar-refractivity contribution in [2.24, 2.45) is 0 Å². The second-order valence-electron chi connectivity index (χ2n) is 4.91. The maximum atomic E-state index is 11.7. The first-order valence-electron chi connectivity index (χ1n) is 7.15. The van der Waals surface area contributed by atoms with Gasteiger partial charge in [-0.2, -0.15) is 0 Å². The van der Waals surface area contributed by atoms with Gasteiger partial charge < -0.3 is 10.3 Å². The van der Waals surface area contributed by atoms with Crippen LogP contribution in [0.4, 0.5) is 0 Å². The summed E-state index contributed by atoms with van der Waals surface area (Å²) in [5.74, 6) is 0.778. The van der Waals surface area contributed by atoms with Gasteiger partial charge in [0, 0.05) is 30.5 Å². The molecule has 2 aromatic rings. The normalized spacial score (nSPS) is 10.4. The van der Waals surface area contributed by atoms with Crippen LogP contribution in [-0.2, 0) is 11.3 Å². The maximum absolute atomic E-state index is 11.7. The van der Waals surface area contributed by atoms with Crippen LogP contribution in [0.15, 0.2) is 46.3 Å². The molecule has 2 N–H and O–H groups in total. The summed E-state index contributed by atoms with van der Waals surface area (Å²) in [6.07, 6.45) is 1.21. The van der Waals surface area contributed by atoms with Gasteiger partial charge >= 0.3 is 0 Å². The summed E-state index contributed by atoms with van der Waals surface area (Å²) in [7, 11) is 0. The van der Waals surface area contributed by atoms with Gasteiger partial charge in [0.15, 0.2) is 5.16 Å². The summed E-state index contributed by atoms with van der Waals surface area (Å²) in [5, 5.41) is 3.50. The molecule has 5 nitrogen and oxygen atoms in total. The molecule has 0 saturated carbocycles. The predicted molar refractivity (Wildman–Crippen MR) is 87.8 cm³/mol. The largest absolute Gasteiger partial charge is 0.352 e. The van der Waals surface area contributed by atoms with Gasteiger partial charge in [-0.1, -0.05) is 42.1 Å². The van der Waals surface area contributed by atoms with Gasteiger partial charge in [0.25, 0.3) is 5.56 Å². The Balaban J connectivity index is 1.66. The number of thioether (sulfide) groups is 1. The molecule has 0 atom stereocenters. The summed E-state index contributed by atoms with van der Waals surface area (Å²) in [6.45, 7) is 2.34. The first-order chi connectivity index (χ1) is 10.6. The van der Waals surface area contributed by atoms with E-state index in [1.54, 1.807) is 6.92 Å². The molecule has 0 unspecified atom stereocenters. The highest BCUT2D eigenvalue weighted by molar-refractivity contribution is 7.99. The van der Waals surface area contributed by atoms with Crippen LogP contribution < -0.4 is 10.9 Å². The Morgan fingerprint density at radius 3 is 2.82 bits per heavy atom. The Hall–Kier alpha value is -2.08. The molecule has 0 bridgehead atoms. The third-order valence-electron chi connectivity index (χ3n) is 2.97.